The van der Waals surface area contributed by atoms with E-state index in [0.29, 0.717) is 18.2 Å². The van der Waals surface area contributed by atoms with Crippen molar-refractivity contribution in [1.29, 1.82) is 0 Å². The van der Waals surface area contributed by atoms with E-state index in [0.717, 1.165) is 23.4 Å². The summed E-state index contributed by atoms with van der Waals surface area (Å²) in [5, 5.41) is 3.32. The van der Waals surface area contributed by atoms with Crippen LogP contribution in [0.5, 0.6) is 11.5 Å². The molecule has 1 N–H and O–H groups in total. The van der Waals surface area contributed by atoms with Gasteiger partial charge in [0.05, 0.1) is 0 Å². The molecule has 21 heavy (non-hydrogen) atoms. The molecule has 0 atom stereocenters. The van der Waals surface area contributed by atoms with E-state index in [-0.39, 0.29) is 5.82 Å². The first-order valence-electron chi connectivity index (χ1n) is 7.28. The molecule has 3 heteroatoms. The minimum atomic E-state index is -0.243. The molecule has 2 nitrogen and oxygen atoms in total. The van der Waals surface area contributed by atoms with Crippen molar-refractivity contribution < 1.29 is 9.13 Å². The van der Waals surface area contributed by atoms with Crippen molar-refractivity contribution in [1.82, 2.24) is 5.32 Å². The van der Waals surface area contributed by atoms with Crippen LogP contribution in [0.15, 0.2) is 42.5 Å². The number of halogens is 1. The lowest BCUT2D eigenvalue weighted by molar-refractivity contribution is 0.466. The Balaban J connectivity index is 2.14. The lowest BCUT2D eigenvalue weighted by atomic mass is 10.1. The van der Waals surface area contributed by atoms with E-state index < -0.39 is 0 Å². The van der Waals surface area contributed by atoms with Crippen LogP contribution in [0.25, 0.3) is 0 Å². The van der Waals surface area contributed by atoms with Gasteiger partial charge in [-0.25, -0.2) is 4.39 Å². The molecule has 0 amide bonds. The Morgan fingerprint density at radius 1 is 1.14 bits per heavy atom. The van der Waals surface area contributed by atoms with Gasteiger partial charge < -0.3 is 10.1 Å². The molecule has 2 aromatic carbocycles. The molecule has 0 aromatic heterocycles. The predicted molar refractivity (Wildman–Crippen MR) is 84.2 cm³/mol. The number of hydrogen-bond donors (Lipinski definition) is 1. The van der Waals surface area contributed by atoms with E-state index in [1.807, 2.05) is 31.2 Å². The van der Waals surface area contributed by atoms with Crippen molar-refractivity contribution in [3.05, 3.63) is 59.4 Å². The number of rotatable bonds is 6. The van der Waals surface area contributed by atoms with Gasteiger partial charge in [-0.3, -0.25) is 0 Å². The van der Waals surface area contributed by atoms with Crippen LogP contribution in [0, 0.1) is 18.7 Å². The quantitative estimate of drug-likeness (QED) is 0.833. The fourth-order valence-electron chi connectivity index (χ4n) is 2.09. The summed E-state index contributed by atoms with van der Waals surface area (Å²) in [6.07, 6.45) is 0. The molecule has 0 aliphatic rings. The van der Waals surface area contributed by atoms with Crippen LogP contribution < -0.4 is 10.1 Å². The maximum atomic E-state index is 13.5. The van der Waals surface area contributed by atoms with Crippen LogP contribution in [0.2, 0.25) is 0 Å². The molecule has 0 radical (unpaired) electrons. The normalized spacial score (nSPS) is 10.9. The predicted octanol–water partition coefficient (Wildman–Crippen LogP) is 4.67. The maximum Gasteiger partial charge on any atom is 0.132 e. The van der Waals surface area contributed by atoms with E-state index >= 15 is 0 Å². The minimum absolute atomic E-state index is 0.243. The lowest BCUT2D eigenvalue weighted by Gasteiger charge is -2.13. The zero-order valence-electron chi connectivity index (χ0n) is 12.8. The number of aryl methyl sites for hydroxylation is 1. The Morgan fingerprint density at radius 3 is 2.67 bits per heavy atom. The topological polar surface area (TPSA) is 21.3 Å². The average molecular weight is 287 g/mol. The summed E-state index contributed by atoms with van der Waals surface area (Å²) >= 11 is 0. The van der Waals surface area contributed by atoms with Crippen LogP contribution in [-0.2, 0) is 6.54 Å². The second-order valence-electron chi connectivity index (χ2n) is 5.70. The highest BCUT2D eigenvalue weighted by Crippen LogP contribution is 2.26. The summed E-state index contributed by atoms with van der Waals surface area (Å²) in [6.45, 7) is 7.78. The van der Waals surface area contributed by atoms with Gasteiger partial charge in [0.2, 0.25) is 0 Å². The smallest absolute Gasteiger partial charge is 0.132 e. The summed E-state index contributed by atoms with van der Waals surface area (Å²) in [7, 11) is 0. The van der Waals surface area contributed by atoms with Crippen LogP contribution in [0.3, 0.4) is 0 Å². The average Bonchev–Trinajstić information content (AvgIpc) is 2.41. The number of hydrogen-bond acceptors (Lipinski definition) is 2. The Hall–Kier alpha value is -1.87. The van der Waals surface area contributed by atoms with Crippen molar-refractivity contribution in [2.45, 2.75) is 27.3 Å². The minimum Gasteiger partial charge on any atom is -0.457 e. The number of benzene rings is 2. The summed E-state index contributed by atoms with van der Waals surface area (Å²) in [6, 6.07) is 12.5. The molecule has 0 unspecified atom stereocenters. The van der Waals surface area contributed by atoms with Crippen LogP contribution in [0.4, 0.5) is 4.39 Å². The third-order valence-corrected chi connectivity index (χ3v) is 3.11. The molecule has 0 saturated heterocycles. The second-order valence-corrected chi connectivity index (χ2v) is 5.70. The third kappa shape index (κ3) is 4.87. The van der Waals surface area contributed by atoms with Gasteiger partial charge in [0.25, 0.3) is 0 Å². The Morgan fingerprint density at radius 2 is 1.95 bits per heavy atom. The zero-order valence-corrected chi connectivity index (χ0v) is 12.8. The highest BCUT2D eigenvalue weighted by molar-refractivity contribution is 5.39. The number of nitrogens with one attached hydrogen (secondary N) is 1. The summed E-state index contributed by atoms with van der Waals surface area (Å²) in [5.74, 6) is 1.78. The Kier molecular flexibility index (Phi) is 5.34. The van der Waals surface area contributed by atoms with Gasteiger partial charge in [-0.2, -0.15) is 0 Å². The van der Waals surface area contributed by atoms with E-state index in [1.165, 1.54) is 12.1 Å². The molecule has 0 aliphatic heterocycles. The summed E-state index contributed by atoms with van der Waals surface area (Å²) in [4.78, 5) is 0. The second kappa shape index (κ2) is 7.23. The van der Waals surface area contributed by atoms with Gasteiger partial charge in [0.15, 0.2) is 0 Å². The fraction of sp³-hybridized carbons (Fsp3) is 0.333. The molecular formula is C18H22FNO. The molecule has 2 rings (SSSR count). The number of ether oxygens (including phenoxy) is 1. The zero-order chi connectivity index (χ0) is 15.2. The van der Waals surface area contributed by atoms with Gasteiger partial charge in [-0.15, -0.1) is 0 Å². The van der Waals surface area contributed by atoms with Crippen molar-refractivity contribution >= 4 is 0 Å². The summed E-state index contributed by atoms with van der Waals surface area (Å²) < 4.78 is 19.3. The van der Waals surface area contributed by atoms with E-state index in [9.17, 15) is 4.39 Å². The van der Waals surface area contributed by atoms with Gasteiger partial charge in [0, 0.05) is 12.1 Å². The molecule has 0 saturated carbocycles. The SMILES string of the molecule is Cc1cccc(Oc2ccc(F)cc2CNCC(C)C)c1. The third-order valence-electron chi connectivity index (χ3n) is 3.11. The Labute approximate surface area is 126 Å². The van der Waals surface area contributed by atoms with Crippen molar-refractivity contribution in [2.24, 2.45) is 5.92 Å². The van der Waals surface area contributed by atoms with Crippen LogP contribution >= 0.6 is 0 Å². The van der Waals surface area contributed by atoms with Crippen molar-refractivity contribution in [2.75, 3.05) is 6.54 Å². The first-order chi connectivity index (χ1) is 10.0. The van der Waals surface area contributed by atoms with Gasteiger partial charge in [-0.1, -0.05) is 26.0 Å². The van der Waals surface area contributed by atoms with Gasteiger partial charge >= 0.3 is 0 Å². The summed E-state index contributed by atoms with van der Waals surface area (Å²) in [5.41, 5.74) is 1.96. The molecule has 0 bridgehead atoms. The van der Waals surface area contributed by atoms with E-state index in [1.54, 1.807) is 6.07 Å². The molecular weight excluding hydrogens is 265 g/mol. The highest BCUT2D eigenvalue weighted by atomic mass is 19.1. The molecule has 0 spiro atoms. The molecule has 2 aromatic rings. The Bertz CT molecular complexity index is 596. The van der Waals surface area contributed by atoms with Crippen LogP contribution in [0.1, 0.15) is 25.0 Å². The lowest BCUT2D eigenvalue weighted by Crippen LogP contribution is -2.19. The largest absolute Gasteiger partial charge is 0.457 e. The van der Waals surface area contributed by atoms with Crippen LogP contribution in [-0.4, -0.2) is 6.54 Å². The van der Waals surface area contributed by atoms with Gasteiger partial charge in [-0.05, 0) is 55.3 Å². The fourth-order valence-corrected chi connectivity index (χ4v) is 2.09. The first-order valence-corrected chi connectivity index (χ1v) is 7.28. The van der Waals surface area contributed by atoms with Crippen molar-refractivity contribution in [3.63, 3.8) is 0 Å². The van der Waals surface area contributed by atoms with Crippen molar-refractivity contribution in [3.8, 4) is 11.5 Å². The van der Waals surface area contributed by atoms with E-state index in [2.05, 4.69) is 19.2 Å². The monoisotopic (exact) mass is 287 g/mol. The maximum absolute atomic E-state index is 13.5. The van der Waals surface area contributed by atoms with Gasteiger partial charge in [0.1, 0.15) is 17.3 Å². The molecule has 0 heterocycles. The molecule has 112 valence electrons. The first kappa shape index (κ1) is 15.5. The molecule has 0 aliphatic carbocycles. The highest BCUT2D eigenvalue weighted by Gasteiger charge is 2.07. The standard InChI is InChI=1S/C18H22FNO/c1-13(2)11-20-12-15-10-16(19)7-8-18(15)21-17-6-4-5-14(3)9-17/h4-10,13,20H,11-12H2,1-3H3. The molecule has 0 fully saturated rings. The van der Waals surface area contributed by atoms with E-state index in [4.69, 9.17) is 4.74 Å².